The first kappa shape index (κ1) is 27.5. The van der Waals surface area contributed by atoms with E-state index in [-0.39, 0.29) is 23.0 Å². The van der Waals surface area contributed by atoms with Crippen LogP contribution < -0.4 is 0 Å². The van der Waals surface area contributed by atoms with Gasteiger partial charge in [-0.2, -0.15) is 21.0 Å². The monoisotopic (exact) mass is 432 g/mol. The van der Waals surface area contributed by atoms with Gasteiger partial charge in [0.05, 0.1) is 0 Å². The molecule has 0 aromatic rings. The summed E-state index contributed by atoms with van der Waals surface area (Å²) in [5.74, 6) is 0.200. The van der Waals surface area contributed by atoms with Crippen molar-refractivity contribution in [1.29, 1.82) is 21.0 Å². The Bertz CT molecular complexity index is 691. The molecule has 172 valence electrons. The molecule has 0 aromatic carbocycles. The predicted molar refractivity (Wildman–Crippen MR) is 129 cm³/mol. The first-order valence-electron chi connectivity index (χ1n) is 12.7. The topological polar surface area (TPSA) is 95.2 Å². The predicted octanol–water partition coefficient (Wildman–Crippen LogP) is 8.20. The Kier molecular flexibility index (Phi) is 14.6. The van der Waals surface area contributed by atoms with Crippen molar-refractivity contribution in [3.05, 3.63) is 22.3 Å². The molecule has 1 fully saturated rings. The number of hydrogen-bond donors (Lipinski definition) is 0. The minimum atomic E-state index is 0.1000. The highest BCUT2D eigenvalue weighted by Gasteiger charge is 2.33. The number of allylic oxidation sites excluding steroid dienone is 4. The van der Waals surface area contributed by atoms with E-state index < -0.39 is 0 Å². The molecule has 0 bridgehead atoms. The molecule has 4 nitrogen and oxygen atoms in total. The summed E-state index contributed by atoms with van der Waals surface area (Å²) in [6, 6.07) is 8.50. The van der Waals surface area contributed by atoms with E-state index in [1.54, 1.807) is 0 Å². The summed E-state index contributed by atoms with van der Waals surface area (Å²) in [6.45, 7) is 4.42. The summed E-state index contributed by atoms with van der Waals surface area (Å²) in [5.41, 5.74) is 2.45. The van der Waals surface area contributed by atoms with Crippen LogP contribution in [0.15, 0.2) is 22.3 Å². The molecule has 4 heteroatoms. The largest absolute Gasteiger partial charge is 0.192 e. The minimum absolute atomic E-state index is 0.1000. The average molecular weight is 433 g/mol. The maximum absolute atomic E-state index is 9.57. The highest BCUT2D eigenvalue weighted by atomic mass is 14.4. The molecule has 1 aliphatic carbocycles. The van der Waals surface area contributed by atoms with Crippen molar-refractivity contribution >= 4 is 0 Å². The lowest BCUT2D eigenvalue weighted by molar-refractivity contribution is 0.381. The molecule has 0 spiro atoms. The zero-order chi connectivity index (χ0) is 23.6. The molecule has 0 heterocycles. The van der Waals surface area contributed by atoms with Crippen LogP contribution in [0.2, 0.25) is 0 Å². The highest BCUT2D eigenvalue weighted by molar-refractivity contribution is 5.47. The second kappa shape index (κ2) is 17.0. The summed E-state index contributed by atoms with van der Waals surface area (Å²) in [7, 11) is 0. The second-order valence-corrected chi connectivity index (χ2v) is 9.16. The van der Waals surface area contributed by atoms with Crippen LogP contribution in [0.1, 0.15) is 117 Å². The number of nitriles is 4. The molecule has 2 unspecified atom stereocenters. The lowest BCUT2D eigenvalue weighted by Crippen LogP contribution is -2.23. The third-order valence-corrected chi connectivity index (χ3v) is 6.82. The van der Waals surface area contributed by atoms with Crippen molar-refractivity contribution in [3.63, 3.8) is 0 Å². The Hall–Kier alpha value is -2.56. The summed E-state index contributed by atoms with van der Waals surface area (Å²) in [6.07, 6.45) is 17.5. The van der Waals surface area contributed by atoms with Gasteiger partial charge in [-0.25, -0.2) is 0 Å². The van der Waals surface area contributed by atoms with Crippen LogP contribution in [-0.2, 0) is 0 Å². The van der Waals surface area contributed by atoms with Gasteiger partial charge >= 0.3 is 0 Å². The van der Waals surface area contributed by atoms with Gasteiger partial charge in [-0.05, 0) is 48.7 Å². The van der Waals surface area contributed by atoms with Crippen molar-refractivity contribution in [3.8, 4) is 24.3 Å². The van der Waals surface area contributed by atoms with Gasteiger partial charge in [0, 0.05) is 0 Å². The maximum atomic E-state index is 9.57. The molecule has 1 rings (SSSR count). The molecular formula is C28H40N4. The van der Waals surface area contributed by atoms with Gasteiger partial charge in [0.25, 0.3) is 0 Å². The highest BCUT2D eigenvalue weighted by Crippen LogP contribution is 2.44. The van der Waals surface area contributed by atoms with Crippen molar-refractivity contribution in [1.82, 2.24) is 0 Å². The van der Waals surface area contributed by atoms with Crippen LogP contribution in [0.4, 0.5) is 0 Å². The van der Waals surface area contributed by atoms with E-state index in [1.165, 1.54) is 51.4 Å². The summed E-state index contributed by atoms with van der Waals surface area (Å²) < 4.78 is 0. The number of unbranched alkanes of at least 4 members (excludes halogenated alkanes) is 10. The van der Waals surface area contributed by atoms with Crippen LogP contribution in [-0.4, -0.2) is 0 Å². The molecule has 0 N–H and O–H groups in total. The van der Waals surface area contributed by atoms with Crippen LogP contribution in [0, 0.1) is 57.2 Å². The van der Waals surface area contributed by atoms with Crippen molar-refractivity contribution in [2.24, 2.45) is 11.8 Å². The van der Waals surface area contributed by atoms with Crippen molar-refractivity contribution in [2.45, 2.75) is 117 Å². The average Bonchev–Trinajstić information content (AvgIpc) is 2.81. The van der Waals surface area contributed by atoms with E-state index in [0.717, 1.165) is 49.7 Å². The van der Waals surface area contributed by atoms with Crippen LogP contribution in [0.25, 0.3) is 0 Å². The molecule has 1 saturated carbocycles. The van der Waals surface area contributed by atoms with Gasteiger partial charge in [0.1, 0.15) is 35.4 Å². The normalized spacial score (nSPS) is 17.7. The zero-order valence-corrected chi connectivity index (χ0v) is 20.3. The smallest absolute Gasteiger partial charge is 0.129 e. The molecule has 0 aliphatic heterocycles. The fourth-order valence-electron chi connectivity index (χ4n) is 4.95. The van der Waals surface area contributed by atoms with E-state index >= 15 is 0 Å². The minimum Gasteiger partial charge on any atom is -0.192 e. The molecule has 0 amide bonds. The van der Waals surface area contributed by atoms with Gasteiger partial charge in [-0.3, -0.25) is 0 Å². The molecule has 2 atom stereocenters. The van der Waals surface area contributed by atoms with Gasteiger partial charge in [-0.15, -0.1) is 0 Å². The van der Waals surface area contributed by atoms with Gasteiger partial charge in [0.15, 0.2) is 0 Å². The lowest BCUT2D eigenvalue weighted by atomic mass is 9.69. The van der Waals surface area contributed by atoms with Crippen LogP contribution in [0.3, 0.4) is 0 Å². The Morgan fingerprint density at radius 2 is 0.875 bits per heavy atom. The van der Waals surface area contributed by atoms with E-state index in [4.69, 9.17) is 0 Å². The summed E-state index contributed by atoms with van der Waals surface area (Å²) >= 11 is 0. The first-order valence-corrected chi connectivity index (χ1v) is 12.7. The zero-order valence-electron chi connectivity index (χ0n) is 20.3. The molecular weight excluding hydrogens is 392 g/mol. The van der Waals surface area contributed by atoms with Gasteiger partial charge in [-0.1, -0.05) is 90.9 Å². The molecule has 0 radical (unpaired) electrons. The fourth-order valence-corrected chi connectivity index (χ4v) is 4.95. The Morgan fingerprint density at radius 3 is 1.19 bits per heavy atom. The van der Waals surface area contributed by atoms with E-state index in [2.05, 4.69) is 38.1 Å². The fraction of sp³-hybridized carbons (Fsp3) is 0.714. The number of hydrogen-bond acceptors (Lipinski definition) is 4. The van der Waals surface area contributed by atoms with Gasteiger partial charge < -0.3 is 0 Å². The summed E-state index contributed by atoms with van der Waals surface area (Å²) in [5, 5.41) is 38.3. The quantitative estimate of drug-likeness (QED) is 0.204. The molecule has 0 aromatic heterocycles. The number of nitrogens with zero attached hydrogens (tertiary/aromatic N) is 4. The summed E-state index contributed by atoms with van der Waals surface area (Å²) in [4.78, 5) is 0. The van der Waals surface area contributed by atoms with Crippen LogP contribution >= 0.6 is 0 Å². The second-order valence-electron chi connectivity index (χ2n) is 9.16. The first-order chi connectivity index (χ1) is 15.7. The third-order valence-electron chi connectivity index (χ3n) is 6.82. The van der Waals surface area contributed by atoms with E-state index in [0.29, 0.717) is 12.8 Å². The Labute approximate surface area is 196 Å². The molecule has 32 heavy (non-hydrogen) atoms. The molecule has 1 aliphatic rings. The standard InChI is InChI=1S/C28H40N4/c1-3-5-7-9-11-13-15-23-17-28(26(21-31)22-32)24(16-14-12-10-8-6-4-2)18-27(23)25(19-29)20-30/h23-24H,3-18H2,1-2H3. The maximum Gasteiger partial charge on any atom is 0.129 e. The van der Waals surface area contributed by atoms with Crippen LogP contribution in [0.5, 0.6) is 0 Å². The van der Waals surface area contributed by atoms with Gasteiger partial charge in [0.2, 0.25) is 0 Å². The van der Waals surface area contributed by atoms with E-state index in [1.807, 2.05) is 0 Å². The molecule has 0 saturated heterocycles. The lowest BCUT2D eigenvalue weighted by Gasteiger charge is -2.34. The van der Waals surface area contributed by atoms with Crippen molar-refractivity contribution < 1.29 is 0 Å². The Balaban J connectivity index is 2.97. The number of rotatable bonds is 14. The third kappa shape index (κ3) is 9.29. The SMILES string of the molecule is CCCCCCCCC1CC(=C(C#N)C#N)C(CCCCCCCC)CC1=C(C#N)C#N. The Morgan fingerprint density at radius 1 is 0.562 bits per heavy atom. The van der Waals surface area contributed by atoms with Crippen molar-refractivity contribution in [2.75, 3.05) is 0 Å². The van der Waals surface area contributed by atoms with E-state index in [9.17, 15) is 21.0 Å².